The smallest absolute Gasteiger partial charge is 0.409 e. The Bertz CT molecular complexity index is 648. The molecule has 1 aliphatic heterocycles. The van der Waals surface area contributed by atoms with Gasteiger partial charge >= 0.3 is 6.09 Å². The molecule has 1 amide bonds. The Balaban J connectivity index is 2.30. The zero-order valence-corrected chi connectivity index (χ0v) is 12.2. The first kappa shape index (κ1) is 15.7. The van der Waals surface area contributed by atoms with E-state index in [9.17, 15) is 9.90 Å². The Kier molecular flexibility index (Phi) is 4.24. The number of aliphatic hydroxyl groups excluding tert-OH is 1. The van der Waals surface area contributed by atoms with E-state index >= 15 is 0 Å². The number of carboxylic acid groups (broad SMARTS) is 1. The van der Waals surface area contributed by atoms with Crippen molar-refractivity contribution < 1.29 is 19.7 Å². The molecule has 1 aromatic rings. The maximum Gasteiger partial charge on any atom is 0.409 e. The zero-order chi connectivity index (χ0) is 16.3. The lowest BCUT2D eigenvalue weighted by Crippen LogP contribution is -2.51. The first-order valence-corrected chi connectivity index (χ1v) is 6.68. The number of rotatable bonds is 3. The Morgan fingerprint density at radius 1 is 1.36 bits per heavy atom. The number of hydrogen-bond acceptors (Lipinski definition) is 5. The van der Waals surface area contributed by atoms with Crippen LogP contribution < -0.4 is 10.6 Å². The molecule has 0 spiro atoms. The largest absolute Gasteiger partial charge is 0.475 e. The van der Waals surface area contributed by atoms with Crippen molar-refractivity contribution in [1.82, 2.24) is 0 Å². The molecule has 0 radical (unpaired) electrons. The number of allylic oxidation sites excluding steroid dienone is 1. The number of nitrogens with zero attached hydrogens (tertiary/aromatic N) is 1. The lowest BCUT2D eigenvalue weighted by atomic mass is 9.91. The van der Waals surface area contributed by atoms with Crippen molar-refractivity contribution in [3.63, 3.8) is 0 Å². The lowest BCUT2D eigenvalue weighted by molar-refractivity contribution is -0.0791. The van der Waals surface area contributed by atoms with Crippen LogP contribution >= 0.6 is 0 Å². The average Bonchev–Trinajstić information content (AvgIpc) is 2.45. The third kappa shape index (κ3) is 3.30. The SMILES string of the molecule is CC1(C)OC(C#N)=C[C@H](Nc2ccccc2NC(=O)O)[C@H]1O. The molecule has 0 bridgehead atoms. The summed E-state index contributed by atoms with van der Waals surface area (Å²) in [4.78, 5) is 10.8. The Morgan fingerprint density at radius 2 is 2.00 bits per heavy atom. The van der Waals surface area contributed by atoms with Gasteiger partial charge in [0, 0.05) is 0 Å². The Labute approximate surface area is 127 Å². The summed E-state index contributed by atoms with van der Waals surface area (Å²) in [7, 11) is 0. The quantitative estimate of drug-likeness (QED) is 0.680. The van der Waals surface area contributed by atoms with E-state index in [1.165, 1.54) is 6.08 Å². The third-order valence-electron chi connectivity index (χ3n) is 3.36. The van der Waals surface area contributed by atoms with Gasteiger partial charge in [0.05, 0.1) is 17.4 Å². The maximum atomic E-state index is 10.8. The van der Waals surface area contributed by atoms with Crippen molar-refractivity contribution >= 4 is 17.5 Å². The molecule has 2 atom stereocenters. The van der Waals surface area contributed by atoms with Gasteiger partial charge in [-0.15, -0.1) is 0 Å². The van der Waals surface area contributed by atoms with E-state index in [2.05, 4.69) is 10.6 Å². The Hall–Kier alpha value is -2.72. The number of ether oxygens (including phenoxy) is 1. The number of nitrogens with one attached hydrogen (secondary N) is 2. The molecule has 0 unspecified atom stereocenters. The highest BCUT2D eigenvalue weighted by Crippen LogP contribution is 2.30. The van der Waals surface area contributed by atoms with Crippen molar-refractivity contribution in [2.75, 3.05) is 10.6 Å². The van der Waals surface area contributed by atoms with E-state index in [1.54, 1.807) is 38.1 Å². The second-order valence-electron chi connectivity index (χ2n) is 5.44. The molecule has 7 heteroatoms. The molecule has 4 N–H and O–H groups in total. The number of para-hydroxylation sites is 2. The van der Waals surface area contributed by atoms with Crippen LogP contribution in [-0.2, 0) is 4.74 Å². The van der Waals surface area contributed by atoms with Gasteiger partial charge in [-0.1, -0.05) is 12.1 Å². The lowest BCUT2D eigenvalue weighted by Gasteiger charge is -2.39. The van der Waals surface area contributed by atoms with Crippen LogP contribution in [0, 0.1) is 11.3 Å². The average molecular weight is 303 g/mol. The second kappa shape index (κ2) is 5.95. The predicted octanol–water partition coefficient (Wildman–Crippen LogP) is 2.13. The van der Waals surface area contributed by atoms with Gasteiger partial charge in [0.1, 0.15) is 17.8 Å². The minimum atomic E-state index is -1.18. The van der Waals surface area contributed by atoms with Gasteiger partial charge in [-0.05, 0) is 32.1 Å². The van der Waals surface area contributed by atoms with Crippen LogP contribution in [0.1, 0.15) is 13.8 Å². The monoisotopic (exact) mass is 303 g/mol. The second-order valence-corrected chi connectivity index (χ2v) is 5.44. The van der Waals surface area contributed by atoms with E-state index in [4.69, 9.17) is 15.1 Å². The normalized spacial score (nSPS) is 22.7. The maximum absolute atomic E-state index is 10.8. The van der Waals surface area contributed by atoms with Crippen LogP contribution in [-0.4, -0.2) is 34.1 Å². The molecule has 0 saturated carbocycles. The summed E-state index contributed by atoms with van der Waals surface area (Å²) in [6, 6.07) is 8.04. The molecule has 1 aliphatic rings. The van der Waals surface area contributed by atoms with E-state index in [0.29, 0.717) is 11.4 Å². The van der Waals surface area contributed by atoms with E-state index in [-0.39, 0.29) is 5.76 Å². The summed E-state index contributed by atoms with van der Waals surface area (Å²) < 4.78 is 5.40. The molecule has 2 rings (SSSR count). The molecule has 116 valence electrons. The Morgan fingerprint density at radius 3 is 2.59 bits per heavy atom. The van der Waals surface area contributed by atoms with Crippen molar-refractivity contribution in [2.45, 2.75) is 31.6 Å². The number of carbonyl (C=O) groups is 1. The number of aliphatic hydroxyl groups is 1. The van der Waals surface area contributed by atoms with Crippen LogP contribution in [0.5, 0.6) is 0 Å². The van der Waals surface area contributed by atoms with Gasteiger partial charge in [-0.25, -0.2) is 4.79 Å². The van der Waals surface area contributed by atoms with Crippen molar-refractivity contribution in [3.8, 4) is 6.07 Å². The first-order valence-electron chi connectivity index (χ1n) is 6.68. The molecule has 1 aromatic carbocycles. The molecular weight excluding hydrogens is 286 g/mol. The van der Waals surface area contributed by atoms with Gasteiger partial charge < -0.3 is 20.3 Å². The summed E-state index contributed by atoms with van der Waals surface area (Å²) >= 11 is 0. The van der Waals surface area contributed by atoms with Gasteiger partial charge in [-0.2, -0.15) is 5.26 Å². The summed E-state index contributed by atoms with van der Waals surface area (Å²) in [5.41, 5.74) is -0.0780. The van der Waals surface area contributed by atoms with Gasteiger partial charge in [0.15, 0.2) is 5.76 Å². The molecule has 1 heterocycles. The molecule has 0 fully saturated rings. The highest BCUT2D eigenvalue weighted by molar-refractivity contribution is 5.88. The van der Waals surface area contributed by atoms with Crippen LogP contribution in [0.2, 0.25) is 0 Å². The fraction of sp³-hybridized carbons (Fsp3) is 0.333. The van der Waals surface area contributed by atoms with Crippen molar-refractivity contribution in [1.29, 1.82) is 5.26 Å². The third-order valence-corrected chi connectivity index (χ3v) is 3.36. The highest BCUT2D eigenvalue weighted by Gasteiger charge is 2.40. The van der Waals surface area contributed by atoms with Crippen LogP contribution in [0.25, 0.3) is 0 Å². The first-order chi connectivity index (χ1) is 10.3. The minimum Gasteiger partial charge on any atom is -0.475 e. The van der Waals surface area contributed by atoms with Crippen LogP contribution in [0.4, 0.5) is 16.2 Å². The molecule has 0 aliphatic carbocycles. The topological polar surface area (TPSA) is 115 Å². The van der Waals surface area contributed by atoms with E-state index in [0.717, 1.165) is 0 Å². The van der Waals surface area contributed by atoms with Gasteiger partial charge in [-0.3, -0.25) is 5.32 Å². The number of anilines is 2. The zero-order valence-electron chi connectivity index (χ0n) is 12.2. The number of hydrogen-bond donors (Lipinski definition) is 4. The number of nitriles is 1. The van der Waals surface area contributed by atoms with E-state index in [1.807, 2.05) is 6.07 Å². The summed E-state index contributed by atoms with van der Waals surface area (Å²) in [5.74, 6) is 0.108. The standard InChI is InChI=1S/C15H17N3O4/c1-15(2)13(19)12(7-9(8-16)22-15)17-10-5-3-4-6-11(10)18-14(20)21/h3-7,12-13,17-19H,1-2H3,(H,20,21)/t12-,13+/m0/s1. The molecule has 0 aromatic heterocycles. The summed E-state index contributed by atoms with van der Waals surface area (Å²) in [5, 5.41) is 33.6. The molecular formula is C15H17N3O4. The molecule has 0 saturated heterocycles. The van der Waals surface area contributed by atoms with Gasteiger partial charge in [0.25, 0.3) is 0 Å². The minimum absolute atomic E-state index is 0.108. The number of benzene rings is 1. The summed E-state index contributed by atoms with van der Waals surface area (Å²) in [6.07, 6.45) is -0.620. The predicted molar refractivity (Wildman–Crippen MR) is 80.4 cm³/mol. The van der Waals surface area contributed by atoms with Crippen LogP contribution in [0.15, 0.2) is 36.1 Å². The number of amides is 1. The fourth-order valence-electron chi connectivity index (χ4n) is 2.26. The molecule has 22 heavy (non-hydrogen) atoms. The van der Waals surface area contributed by atoms with Gasteiger partial charge in [0.2, 0.25) is 0 Å². The fourth-order valence-corrected chi connectivity index (χ4v) is 2.26. The van der Waals surface area contributed by atoms with Crippen molar-refractivity contribution in [2.24, 2.45) is 0 Å². The van der Waals surface area contributed by atoms with E-state index < -0.39 is 23.8 Å². The molecule has 7 nitrogen and oxygen atoms in total. The highest BCUT2D eigenvalue weighted by atomic mass is 16.5. The van der Waals surface area contributed by atoms with Crippen LogP contribution in [0.3, 0.4) is 0 Å². The summed E-state index contributed by atoms with van der Waals surface area (Å²) in [6.45, 7) is 3.36. The van der Waals surface area contributed by atoms with Crippen molar-refractivity contribution in [3.05, 3.63) is 36.1 Å².